The molecule has 2 N–H and O–H groups in total. The maximum atomic E-state index is 10.9. The second-order valence-corrected chi connectivity index (χ2v) is 5.32. The van der Waals surface area contributed by atoms with Crippen molar-refractivity contribution >= 4 is 5.97 Å². The Labute approximate surface area is 91.2 Å². The predicted octanol–water partition coefficient (Wildman–Crippen LogP) is 1.87. The van der Waals surface area contributed by atoms with Crippen LogP contribution in [-0.4, -0.2) is 23.2 Å². The highest BCUT2D eigenvalue weighted by Crippen LogP contribution is 2.35. The molecule has 5 atom stereocenters. The van der Waals surface area contributed by atoms with Crippen LogP contribution in [-0.2, 0) is 4.79 Å². The zero-order valence-corrected chi connectivity index (χ0v) is 9.57. The zero-order chi connectivity index (χ0) is 11.0. The molecule has 0 aromatic carbocycles. The van der Waals surface area contributed by atoms with Gasteiger partial charge >= 0.3 is 5.97 Å². The van der Waals surface area contributed by atoms with E-state index in [0.29, 0.717) is 12.0 Å². The number of nitrogens with one attached hydrogen (secondary N) is 1. The predicted molar refractivity (Wildman–Crippen MR) is 58.6 cm³/mol. The van der Waals surface area contributed by atoms with Gasteiger partial charge in [0.15, 0.2) is 0 Å². The van der Waals surface area contributed by atoms with Gasteiger partial charge < -0.3 is 10.4 Å². The fourth-order valence-electron chi connectivity index (χ4n) is 2.87. The Morgan fingerprint density at radius 2 is 1.80 bits per heavy atom. The number of carboxylic acids is 1. The Morgan fingerprint density at radius 1 is 1.13 bits per heavy atom. The second-order valence-electron chi connectivity index (χ2n) is 5.32. The van der Waals surface area contributed by atoms with Crippen molar-refractivity contribution in [3.8, 4) is 0 Å². The first-order valence-electron chi connectivity index (χ1n) is 6.08. The minimum atomic E-state index is -0.627. The Hall–Kier alpha value is -0.570. The summed E-state index contributed by atoms with van der Waals surface area (Å²) in [6.45, 7) is 4.57. The molecule has 2 aliphatic rings. The third-order valence-electron chi connectivity index (χ3n) is 4.48. The fraction of sp³-hybridized carbons (Fsp3) is 0.917. The van der Waals surface area contributed by atoms with Gasteiger partial charge in [-0.05, 0) is 37.5 Å². The molecule has 0 bridgehead atoms. The number of hydrogen-bond acceptors (Lipinski definition) is 2. The molecule has 5 unspecified atom stereocenters. The molecule has 0 aliphatic heterocycles. The van der Waals surface area contributed by atoms with Gasteiger partial charge in [0.25, 0.3) is 0 Å². The maximum Gasteiger partial charge on any atom is 0.308 e. The summed E-state index contributed by atoms with van der Waals surface area (Å²) in [7, 11) is 0. The highest BCUT2D eigenvalue weighted by Gasteiger charge is 2.40. The van der Waals surface area contributed by atoms with Crippen molar-refractivity contribution in [1.82, 2.24) is 5.32 Å². The highest BCUT2D eigenvalue weighted by atomic mass is 16.4. The molecule has 3 heteroatoms. The molecule has 0 saturated heterocycles. The standard InChI is InChI=1S/C12H21NO2/c1-7-3-5-10(8(7)2)13-11-6-4-9(11)12(14)15/h7-11,13H,3-6H2,1-2H3,(H,14,15). The van der Waals surface area contributed by atoms with Crippen molar-refractivity contribution in [2.75, 3.05) is 0 Å². The lowest BCUT2D eigenvalue weighted by atomic mass is 9.78. The van der Waals surface area contributed by atoms with E-state index in [1.807, 2.05) is 0 Å². The van der Waals surface area contributed by atoms with E-state index >= 15 is 0 Å². The number of hydrogen-bond donors (Lipinski definition) is 2. The molecule has 2 aliphatic carbocycles. The van der Waals surface area contributed by atoms with E-state index in [0.717, 1.165) is 18.8 Å². The lowest BCUT2D eigenvalue weighted by Gasteiger charge is -2.37. The summed E-state index contributed by atoms with van der Waals surface area (Å²) >= 11 is 0. The zero-order valence-electron chi connectivity index (χ0n) is 9.57. The first-order valence-corrected chi connectivity index (χ1v) is 6.08. The van der Waals surface area contributed by atoms with Gasteiger partial charge in [0.1, 0.15) is 0 Å². The third kappa shape index (κ3) is 2.03. The van der Waals surface area contributed by atoms with Crippen LogP contribution in [0.5, 0.6) is 0 Å². The monoisotopic (exact) mass is 211 g/mol. The van der Waals surface area contributed by atoms with Crippen LogP contribution >= 0.6 is 0 Å². The SMILES string of the molecule is CC1CCC(NC2CCC2C(=O)O)C1C. The molecule has 0 aromatic rings. The van der Waals surface area contributed by atoms with Gasteiger partial charge in [0.05, 0.1) is 5.92 Å². The Bertz CT molecular complexity index is 254. The first-order chi connectivity index (χ1) is 7.09. The topological polar surface area (TPSA) is 49.3 Å². The smallest absolute Gasteiger partial charge is 0.308 e. The summed E-state index contributed by atoms with van der Waals surface area (Å²) in [6.07, 6.45) is 4.38. The van der Waals surface area contributed by atoms with Gasteiger partial charge in [0, 0.05) is 12.1 Å². The Kier molecular flexibility index (Phi) is 3.01. The van der Waals surface area contributed by atoms with Crippen molar-refractivity contribution in [3.63, 3.8) is 0 Å². The van der Waals surface area contributed by atoms with Crippen LogP contribution in [0.1, 0.15) is 39.5 Å². The summed E-state index contributed by atoms with van der Waals surface area (Å²) in [4.78, 5) is 10.9. The summed E-state index contributed by atoms with van der Waals surface area (Å²) in [5.41, 5.74) is 0. The van der Waals surface area contributed by atoms with Gasteiger partial charge in [-0.3, -0.25) is 4.79 Å². The van der Waals surface area contributed by atoms with Gasteiger partial charge in [-0.25, -0.2) is 0 Å². The van der Waals surface area contributed by atoms with Crippen LogP contribution in [0.15, 0.2) is 0 Å². The summed E-state index contributed by atoms with van der Waals surface area (Å²) in [5.74, 6) is 0.719. The van der Waals surface area contributed by atoms with Crippen LogP contribution < -0.4 is 5.32 Å². The van der Waals surface area contributed by atoms with Crippen LogP contribution in [0.25, 0.3) is 0 Å². The van der Waals surface area contributed by atoms with E-state index in [9.17, 15) is 4.79 Å². The third-order valence-corrected chi connectivity index (χ3v) is 4.48. The van der Waals surface area contributed by atoms with Crippen LogP contribution in [0.3, 0.4) is 0 Å². The summed E-state index contributed by atoms with van der Waals surface area (Å²) < 4.78 is 0. The normalized spacial score (nSPS) is 45.1. The fourth-order valence-corrected chi connectivity index (χ4v) is 2.87. The minimum Gasteiger partial charge on any atom is -0.481 e. The molecule has 0 amide bonds. The van der Waals surface area contributed by atoms with Gasteiger partial charge in [-0.2, -0.15) is 0 Å². The molecule has 2 rings (SSSR count). The molecule has 0 spiro atoms. The second kappa shape index (κ2) is 4.12. The maximum absolute atomic E-state index is 10.9. The first kappa shape index (κ1) is 10.9. The van der Waals surface area contributed by atoms with Crippen molar-refractivity contribution in [3.05, 3.63) is 0 Å². The summed E-state index contributed by atoms with van der Waals surface area (Å²) in [6, 6.07) is 0.785. The Morgan fingerprint density at radius 3 is 2.20 bits per heavy atom. The van der Waals surface area contributed by atoms with Crippen LogP contribution in [0.2, 0.25) is 0 Å². The molecule has 15 heavy (non-hydrogen) atoms. The molecular weight excluding hydrogens is 190 g/mol. The molecular formula is C12H21NO2. The van der Waals surface area contributed by atoms with Gasteiger partial charge in [-0.15, -0.1) is 0 Å². The van der Waals surface area contributed by atoms with Crippen LogP contribution in [0.4, 0.5) is 0 Å². The van der Waals surface area contributed by atoms with Crippen molar-refractivity contribution in [1.29, 1.82) is 0 Å². The summed E-state index contributed by atoms with van der Waals surface area (Å²) in [5, 5.41) is 12.5. The molecule has 3 nitrogen and oxygen atoms in total. The largest absolute Gasteiger partial charge is 0.481 e. The number of carbonyl (C=O) groups is 1. The van der Waals surface area contributed by atoms with Crippen molar-refractivity contribution in [2.45, 2.75) is 51.6 Å². The highest BCUT2D eigenvalue weighted by molar-refractivity contribution is 5.72. The molecule has 0 radical (unpaired) electrons. The van der Waals surface area contributed by atoms with Crippen molar-refractivity contribution < 1.29 is 9.90 Å². The lowest BCUT2D eigenvalue weighted by Crippen LogP contribution is -2.52. The van der Waals surface area contributed by atoms with E-state index in [-0.39, 0.29) is 12.0 Å². The lowest BCUT2D eigenvalue weighted by molar-refractivity contribution is -0.146. The van der Waals surface area contributed by atoms with E-state index < -0.39 is 5.97 Å². The van der Waals surface area contributed by atoms with Crippen LogP contribution in [0, 0.1) is 17.8 Å². The van der Waals surface area contributed by atoms with E-state index in [1.54, 1.807) is 0 Å². The quantitative estimate of drug-likeness (QED) is 0.749. The van der Waals surface area contributed by atoms with E-state index in [4.69, 9.17) is 5.11 Å². The van der Waals surface area contributed by atoms with Crippen molar-refractivity contribution in [2.24, 2.45) is 17.8 Å². The molecule has 0 aromatic heterocycles. The molecule has 0 heterocycles. The average Bonchev–Trinajstić information content (AvgIpc) is 2.42. The number of rotatable bonds is 3. The van der Waals surface area contributed by atoms with Gasteiger partial charge in [0.2, 0.25) is 0 Å². The number of aliphatic carboxylic acids is 1. The average molecular weight is 211 g/mol. The molecule has 2 fully saturated rings. The Balaban J connectivity index is 1.85. The minimum absolute atomic E-state index is 0.131. The number of carboxylic acid groups (broad SMARTS) is 1. The van der Waals surface area contributed by atoms with Gasteiger partial charge in [-0.1, -0.05) is 13.8 Å². The van der Waals surface area contributed by atoms with E-state index in [2.05, 4.69) is 19.2 Å². The van der Waals surface area contributed by atoms with E-state index in [1.165, 1.54) is 12.8 Å². The molecule has 2 saturated carbocycles. The molecule has 86 valence electrons.